The summed E-state index contributed by atoms with van der Waals surface area (Å²) in [5, 5.41) is 0. The third kappa shape index (κ3) is 2.06. The molecule has 0 aliphatic rings. The lowest BCUT2D eigenvalue weighted by molar-refractivity contribution is 1.24. The van der Waals surface area contributed by atoms with Crippen LogP contribution in [0.3, 0.4) is 0 Å². The third-order valence-corrected chi connectivity index (χ3v) is 2.86. The maximum atomic E-state index is 5.81. The van der Waals surface area contributed by atoms with Crippen molar-refractivity contribution in [1.82, 2.24) is 4.98 Å². The minimum atomic E-state index is 0.772. The summed E-state index contributed by atoms with van der Waals surface area (Å²) >= 11 is 1.63. The van der Waals surface area contributed by atoms with E-state index in [4.69, 9.17) is 5.73 Å². The monoisotopic (exact) mass is 202 g/mol. The second-order valence-electron chi connectivity index (χ2n) is 2.83. The van der Waals surface area contributed by atoms with Crippen LogP contribution in [-0.2, 0) is 0 Å². The maximum absolute atomic E-state index is 5.81. The van der Waals surface area contributed by atoms with Gasteiger partial charge in [0.1, 0.15) is 0 Å². The lowest BCUT2D eigenvalue weighted by atomic mass is 10.4. The van der Waals surface area contributed by atoms with Crippen LogP contribution in [0.15, 0.2) is 58.6 Å². The molecule has 0 aliphatic heterocycles. The number of hydrogen-bond acceptors (Lipinski definition) is 3. The number of anilines is 1. The molecule has 0 saturated carbocycles. The Morgan fingerprint density at radius 2 is 1.86 bits per heavy atom. The highest BCUT2D eigenvalue weighted by atomic mass is 32.2. The molecule has 0 fully saturated rings. The van der Waals surface area contributed by atoms with Crippen molar-refractivity contribution >= 4 is 17.4 Å². The zero-order chi connectivity index (χ0) is 9.80. The second kappa shape index (κ2) is 4.15. The number of nitrogens with two attached hydrogens (primary N) is 1. The first-order chi connectivity index (χ1) is 6.86. The van der Waals surface area contributed by atoms with Gasteiger partial charge in [0, 0.05) is 23.0 Å². The van der Waals surface area contributed by atoms with E-state index in [-0.39, 0.29) is 0 Å². The van der Waals surface area contributed by atoms with Gasteiger partial charge in [0.2, 0.25) is 0 Å². The number of nitrogens with zero attached hydrogens (tertiary/aromatic N) is 1. The molecule has 14 heavy (non-hydrogen) atoms. The van der Waals surface area contributed by atoms with Gasteiger partial charge in [-0.25, -0.2) is 0 Å². The van der Waals surface area contributed by atoms with Crippen LogP contribution in [0.2, 0.25) is 0 Å². The fourth-order valence-electron chi connectivity index (χ4n) is 1.09. The number of aromatic nitrogens is 1. The van der Waals surface area contributed by atoms with Gasteiger partial charge in [0.15, 0.2) is 0 Å². The summed E-state index contributed by atoms with van der Waals surface area (Å²) in [6.45, 7) is 0. The van der Waals surface area contributed by atoms with Crippen LogP contribution in [0.4, 0.5) is 5.69 Å². The zero-order valence-electron chi connectivity index (χ0n) is 7.55. The van der Waals surface area contributed by atoms with E-state index in [0.717, 1.165) is 10.6 Å². The molecule has 0 bridgehead atoms. The van der Waals surface area contributed by atoms with Crippen molar-refractivity contribution in [3.05, 3.63) is 48.8 Å². The van der Waals surface area contributed by atoms with Gasteiger partial charge in [-0.1, -0.05) is 30.0 Å². The average Bonchev–Trinajstić information content (AvgIpc) is 2.23. The van der Waals surface area contributed by atoms with Crippen molar-refractivity contribution in [2.45, 2.75) is 9.79 Å². The average molecular weight is 202 g/mol. The standard InChI is InChI=1S/C11H10N2S/c12-10-6-7-13-8-11(10)14-9-4-2-1-3-5-9/h1-8H,(H2,12,13). The summed E-state index contributed by atoms with van der Waals surface area (Å²) in [5.74, 6) is 0. The molecule has 0 atom stereocenters. The molecule has 70 valence electrons. The van der Waals surface area contributed by atoms with E-state index in [2.05, 4.69) is 17.1 Å². The molecule has 0 spiro atoms. The summed E-state index contributed by atoms with van der Waals surface area (Å²) in [5.41, 5.74) is 6.58. The second-order valence-corrected chi connectivity index (χ2v) is 3.94. The molecule has 1 heterocycles. The van der Waals surface area contributed by atoms with Crippen LogP contribution in [-0.4, -0.2) is 4.98 Å². The topological polar surface area (TPSA) is 38.9 Å². The van der Waals surface area contributed by atoms with Crippen LogP contribution < -0.4 is 5.73 Å². The van der Waals surface area contributed by atoms with Gasteiger partial charge in [-0.3, -0.25) is 4.98 Å². The highest BCUT2D eigenvalue weighted by Crippen LogP contribution is 2.30. The van der Waals surface area contributed by atoms with Gasteiger partial charge < -0.3 is 5.73 Å². The molecule has 0 radical (unpaired) electrons. The minimum Gasteiger partial charge on any atom is -0.398 e. The summed E-state index contributed by atoms with van der Waals surface area (Å²) in [6, 6.07) is 11.9. The smallest absolute Gasteiger partial charge is 0.0535 e. The van der Waals surface area contributed by atoms with Gasteiger partial charge >= 0.3 is 0 Å². The molecule has 2 aromatic rings. The van der Waals surface area contributed by atoms with E-state index in [0.29, 0.717) is 0 Å². The Labute approximate surface area is 87.2 Å². The normalized spacial score (nSPS) is 10.0. The molecular weight excluding hydrogens is 192 g/mol. The summed E-state index contributed by atoms with van der Waals surface area (Å²) in [4.78, 5) is 6.21. The predicted octanol–water partition coefficient (Wildman–Crippen LogP) is 2.82. The molecular formula is C11H10N2S. The van der Waals surface area contributed by atoms with Crippen LogP contribution in [0.25, 0.3) is 0 Å². The Morgan fingerprint density at radius 1 is 1.07 bits per heavy atom. The lowest BCUT2D eigenvalue weighted by Gasteiger charge is -2.03. The third-order valence-electron chi connectivity index (χ3n) is 1.79. The van der Waals surface area contributed by atoms with E-state index in [1.54, 1.807) is 24.2 Å². The number of rotatable bonds is 2. The fourth-order valence-corrected chi connectivity index (χ4v) is 1.94. The summed E-state index contributed by atoms with van der Waals surface area (Å²) < 4.78 is 0. The van der Waals surface area contributed by atoms with Crippen molar-refractivity contribution in [1.29, 1.82) is 0 Å². The van der Waals surface area contributed by atoms with Crippen LogP contribution >= 0.6 is 11.8 Å². The van der Waals surface area contributed by atoms with Gasteiger partial charge in [0.25, 0.3) is 0 Å². The Balaban J connectivity index is 2.24. The molecule has 2 nitrogen and oxygen atoms in total. The van der Waals surface area contributed by atoms with Crippen molar-refractivity contribution in [2.75, 3.05) is 5.73 Å². The van der Waals surface area contributed by atoms with Crippen LogP contribution in [0.1, 0.15) is 0 Å². The predicted molar refractivity (Wildman–Crippen MR) is 59.2 cm³/mol. The van der Waals surface area contributed by atoms with E-state index in [9.17, 15) is 0 Å². The van der Waals surface area contributed by atoms with E-state index in [1.807, 2.05) is 24.3 Å². The molecule has 0 amide bonds. The fraction of sp³-hybridized carbons (Fsp3) is 0. The van der Waals surface area contributed by atoms with Crippen LogP contribution in [0.5, 0.6) is 0 Å². The Bertz CT molecular complexity index is 415. The van der Waals surface area contributed by atoms with Gasteiger partial charge in [0.05, 0.1) is 4.90 Å². The van der Waals surface area contributed by atoms with E-state index >= 15 is 0 Å². The first kappa shape index (κ1) is 9.09. The largest absolute Gasteiger partial charge is 0.398 e. The van der Waals surface area contributed by atoms with Crippen molar-refractivity contribution in [3.63, 3.8) is 0 Å². The van der Waals surface area contributed by atoms with Gasteiger partial charge in [-0.15, -0.1) is 0 Å². The first-order valence-corrected chi connectivity index (χ1v) is 5.10. The summed E-state index contributed by atoms with van der Waals surface area (Å²) in [7, 11) is 0. The SMILES string of the molecule is Nc1ccncc1Sc1ccccc1. The van der Waals surface area contributed by atoms with E-state index in [1.165, 1.54) is 4.90 Å². The van der Waals surface area contributed by atoms with E-state index < -0.39 is 0 Å². The molecule has 0 saturated heterocycles. The number of hydrogen-bond donors (Lipinski definition) is 1. The molecule has 3 heteroatoms. The number of pyridine rings is 1. The number of nitrogen functional groups attached to an aromatic ring is 1. The molecule has 0 aliphatic carbocycles. The quantitative estimate of drug-likeness (QED) is 0.813. The Hall–Kier alpha value is -1.48. The lowest BCUT2D eigenvalue weighted by Crippen LogP contribution is -1.88. The van der Waals surface area contributed by atoms with Gasteiger partial charge in [-0.2, -0.15) is 0 Å². The molecule has 2 N–H and O–H groups in total. The highest BCUT2D eigenvalue weighted by Gasteiger charge is 1.99. The number of benzene rings is 1. The molecule has 1 aromatic carbocycles. The highest BCUT2D eigenvalue weighted by molar-refractivity contribution is 7.99. The summed E-state index contributed by atoms with van der Waals surface area (Å²) in [6.07, 6.45) is 3.48. The van der Waals surface area contributed by atoms with Crippen LogP contribution in [0, 0.1) is 0 Å². The Kier molecular flexibility index (Phi) is 2.70. The van der Waals surface area contributed by atoms with Crippen molar-refractivity contribution in [2.24, 2.45) is 0 Å². The zero-order valence-corrected chi connectivity index (χ0v) is 8.37. The minimum absolute atomic E-state index is 0.772. The molecule has 2 rings (SSSR count). The Morgan fingerprint density at radius 3 is 2.57 bits per heavy atom. The molecule has 1 aromatic heterocycles. The first-order valence-electron chi connectivity index (χ1n) is 4.28. The molecule has 0 unspecified atom stereocenters. The van der Waals surface area contributed by atoms with Crippen molar-refractivity contribution in [3.8, 4) is 0 Å². The van der Waals surface area contributed by atoms with Gasteiger partial charge in [-0.05, 0) is 18.2 Å². The van der Waals surface area contributed by atoms with Crippen molar-refractivity contribution < 1.29 is 0 Å². The maximum Gasteiger partial charge on any atom is 0.0535 e.